The fourth-order valence-corrected chi connectivity index (χ4v) is 2.46. The number of H-pyrrole nitrogens is 1. The quantitative estimate of drug-likeness (QED) is 0.764. The second kappa shape index (κ2) is 4.77. The average molecular weight is 267 g/mol. The number of nitrogens with zero attached hydrogens (tertiary/aromatic N) is 2. The highest BCUT2D eigenvalue weighted by Gasteiger charge is 2.16. The van der Waals surface area contributed by atoms with Gasteiger partial charge in [-0.1, -0.05) is 18.2 Å². The maximum absolute atomic E-state index is 11.0. The molecule has 0 fully saturated rings. The number of nitrogens with one attached hydrogen (secondary N) is 1. The SMILES string of the molecule is Cc1[nH]c2ccccc2c1-c1ncncc1CC(=O)O. The van der Waals surface area contributed by atoms with Gasteiger partial charge in [0.1, 0.15) is 6.33 Å². The summed E-state index contributed by atoms with van der Waals surface area (Å²) in [5, 5.41) is 10.0. The molecule has 3 rings (SSSR count). The zero-order chi connectivity index (χ0) is 14.1. The van der Waals surface area contributed by atoms with Crippen molar-refractivity contribution in [2.24, 2.45) is 0 Å². The molecule has 0 aliphatic heterocycles. The summed E-state index contributed by atoms with van der Waals surface area (Å²) in [6, 6.07) is 7.90. The standard InChI is InChI=1S/C15H13N3O2/c1-9-14(11-4-2-3-5-12(11)18-9)15-10(6-13(19)20)7-16-8-17-15/h2-5,7-8,18H,6H2,1H3,(H,19,20). The summed E-state index contributed by atoms with van der Waals surface area (Å²) in [5.41, 5.74) is 4.22. The molecule has 3 aromatic rings. The molecule has 0 unspecified atom stereocenters. The summed E-state index contributed by atoms with van der Waals surface area (Å²) in [6.45, 7) is 1.96. The molecule has 2 N–H and O–H groups in total. The molecule has 5 heteroatoms. The van der Waals surface area contributed by atoms with Crippen LogP contribution in [-0.2, 0) is 11.2 Å². The number of para-hydroxylation sites is 1. The van der Waals surface area contributed by atoms with Gasteiger partial charge in [0.2, 0.25) is 0 Å². The minimum Gasteiger partial charge on any atom is -0.481 e. The first-order chi connectivity index (χ1) is 9.66. The molecule has 2 aromatic heterocycles. The van der Waals surface area contributed by atoms with Crippen molar-refractivity contribution in [3.05, 3.63) is 48.0 Å². The number of carboxylic acid groups (broad SMARTS) is 1. The number of carbonyl (C=O) groups is 1. The molecule has 0 saturated carbocycles. The maximum Gasteiger partial charge on any atom is 0.307 e. The molecule has 0 saturated heterocycles. The molecular weight excluding hydrogens is 254 g/mol. The molecule has 1 aromatic carbocycles. The van der Waals surface area contributed by atoms with Gasteiger partial charge in [-0.25, -0.2) is 9.97 Å². The predicted octanol–water partition coefficient (Wildman–Crippen LogP) is 2.56. The highest BCUT2D eigenvalue weighted by molar-refractivity contribution is 5.97. The third kappa shape index (κ3) is 2.03. The van der Waals surface area contributed by atoms with Crippen molar-refractivity contribution in [2.75, 3.05) is 0 Å². The van der Waals surface area contributed by atoms with E-state index in [9.17, 15) is 4.79 Å². The second-order valence-electron chi connectivity index (χ2n) is 4.64. The summed E-state index contributed by atoms with van der Waals surface area (Å²) >= 11 is 0. The number of hydrogen-bond donors (Lipinski definition) is 2. The van der Waals surface area contributed by atoms with E-state index in [4.69, 9.17) is 5.11 Å². The fourth-order valence-electron chi connectivity index (χ4n) is 2.46. The van der Waals surface area contributed by atoms with Gasteiger partial charge in [-0.05, 0) is 13.0 Å². The number of benzene rings is 1. The highest BCUT2D eigenvalue weighted by atomic mass is 16.4. The van der Waals surface area contributed by atoms with Gasteiger partial charge in [-0.15, -0.1) is 0 Å². The van der Waals surface area contributed by atoms with Crippen molar-refractivity contribution < 1.29 is 9.90 Å². The Morgan fingerprint density at radius 2 is 2.15 bits per heavy atom. The van der Waals surface area contributed by atoms with Crippen LogP contribution < -0.4 is 0 Å². The zero-order valence-corrected chi connectivity index (χ0v) is 10.9. The minimum absolute atomic E-state index is 0.0882. The molecule has 0 atom stereocenters. The van der Waals surface area contributed by atoms with Gasteiger partial charge >= 0.3 is 5.97 Å². The third-order valence-electron chi connectivity index (χ3n) is 3.26. The van der Waals surface area contributed by atoms with Crippen LogP contribution in [0.3, 0.4) is 0 Å². The van der Waals surface area contributed by atoms with Gasteiger partial charge in [0.25, 0.3) is 0 Å². The monoisotopic (exact) mass is 267 g/mol. The molecule has 0 aliphatic rings. The third-order valence-corrected chi connectivity index (χ3v) is 3.26. The topological polar surface area (TPSA) is 78.9 Å². The lowest BCUT2D eigenvalue weighted by Crippen LogP contribution is -2.04. The molecule has 0 radical (unpaired) electrons. The highest BCUT2D eigenvalue weighted by Crippen LogP contribution is 2.32. The molecule has 5 nitrogen and oxygen atoms in total. The Hall–Kier alpha value is -2.69. The number of aromatic nitrogens is 3. The van der Waals surface area contributed by atoms with Crippen molar-refractivity contribution in [3.63, 3.8) is 0 Å². The Labute approximate surface area is 115 Å². The number of aromatic amines is 1. The van der Waals surface area contributed by atoms with Gasteiger partial charge in [0.15, 0.2) is 0 Å². The van der Waals surface area contributed by atoms with E-state index in [2.05, 4.69) is 15.0 Å². The van der Waals surface area contributed by atoms with Crippen LogP contribution in [0.5, 0.6) is 0 Å². The molecule has 20 heavy (non-hydrogen) atoms. The smallest absolute Gasteiger partial charge is 0.307 e. The Morgan fingerprint density at radius 1 is 1.35 bits per heavy atom. The minimum atomic E-state index is -0.890. The van der Waals surface area contributed by atoms with Crippen molar-refractivity contribution in [1.29, 1.82) is 0 Å². The van der Waals surface area contributed by atoms with E-state index >= 15 is 0 Å². The van der Waals surface area contributed by atoms with E-state index in [0.29, 0.717) is 11.3 Å². The van der Waals surface area contributed by atoms with Crippen LogP contribution in [0.1, 0.15) is 11.3 Å². The van der Waals surface area contributed by atoms with E-state index in [0.717, 1.165) is 22.2 Å². The summed E-state index contributed by atoms with van der Waals surface area (Å²) in [5.74, 6) is -0.890. The Morgan fingerprint density at radius 3 is 2.95 bits per heavy atom. The molecule has 0 aliphatic carbocycles. The van der Waals surface area contributed by atoms with E-state index in [-0.39, 0.29) is 6.42 Å². The summed E-state index contributed by atoms with van der Waals surface area (Å²) in [4.78, 5) is 22.5. The number of carboxylic acids is 1. The Kier molecular flexibility index (Phi) is 2.95. The van der Waals surface area contributed by atoms with Crippen molar-refractivity contribution in [1.82, 2.24) is 15.0 Å². The first-order valence-corrected chi connectivity index (χ1v) is 6.25. The van der Waals surface area contributed by atoms with Crippen molar-refractivity contribution in [3.8, 4) is 11.3 Å². The second-order valence-corrected chi connectivity index (χ2v) is 4.64. The Balaban J connectivity index is 2.26. The summed E-state index contributed by atoms with van der Waals surface area (Å²) in [6.07, 6.45) is 2.93. The number of aryl methyl sites for hydroxylation is 1. The van der Waals surface area contributed by atoms with Gasteiger partial charge in [0.05, 0.1) is 12.1 Å². The van der Waals surface area contributed by atoms with Crippen LogP contribution in [0, 0.1) is 6.92 Å². The first-order valence-electron chi connectivity index (χ1n) is 6.25. The van der Waals surface area contributed by atoms with E-state index < -0.39 is 5.97 Å². The van der Waals surface area contributed by atoms with Gasteiger partial charge in [-0.3, -0.25) is 4.79 Å². The number of fused-ring (bicyclic) bond motifs is 1. The van der Waals surface area contributed by atoms with Crippen LogP contribution in [0.2, 0.25) is 0 Å². The normalized spacial score (nSPS) is 10.8. The molecule has 0 spiro atoms. The van der Waals surface area contributed by atoms with Gasteiger partial charge < -0.3 is 10.1 Å². The van der Waals surface area contributed by atoms with Gasteiger partial charge in [-0.2, -0.15) is 0 Å². The molecule has 0 amide bonds. The lowest BCUT2D eigenvalue weighted by Gasteiger charge is -2.06. The number of aliphatic carboxylic acids is 1. The number of hydrogen-bond acceptors (Lipinski definition) is 3. The summed E-state index contributed by atoms with van der Waals surface area (Å²) < 4.78 is 0. The lowest BCUT2D eigenvalue weighted by atomic mass is 10.0. The van der Waals surface area contributed by atoms with Crippen LogP contribution >= 0.6 is 0 Å². The average Bonchev–Trinajstić information content (AvgIpc) is 2.75. The van der Waals surface area contributed by atoms with Crippen molar-refractivity contribution in [2.45, 2.75) is 13.3 Å². The molecule has 0 bridgehead atoms. The molecule has 100 valence electrons. The Bertz CT molecular complexity index is 793. The van der Waals surface area contributed by atoms with Crippen LogP contribution in [0.25, 0.3) is 22.2 Å². The van der Waals surface area contributed by atoms with Crippen molar-refractivity contribution >= 4 is 16.9 Å². The van der Waals surface area contributed by atoms with E-state index in [1.54, 1.807) is 6.20 Å². The van der Waals surface area contributed by atoms with E-state index in [1.165, 1.54) is 6.33 Å². The molecule has 2 heterocycles. The molecular formula is C15H13N3O2. The predicted molar refractivity (Wildman–Crippen MR) is 75.4 cm³/mol. The largest absolute Gasteiger partial charge is 0.481 e. The van der Waals surface area contributed by atoms with Crippen LogP contribution in [0.15, 0.2) is 36.8 Å². The number of rotatable bonds is 3. The van der Waals surface area contributed by atoms with Gasteiger partial charge in [0, 0.05) is 33.9 Å². The van der Waals surface area contributed by atoms with Crippen LogP contribution in [-0.4, -0.2) is 26.0 Å². The van der Waals surface area contributed by atoms with E-state index in [1.807, 2.05) is 31.2 Å². The lowest BCUT2D eigenvalue weighted by molar-refractivity contribution is -0.136. The first kappa shape index (κ1) is 12.3. The summed E-state index contributed by atoms with van der Waals surface area (Å²) in [7, 11) is 0. The van der Waals surface area contributed by atoms with Crippen LogP contribution in [0.4, 0.5) is 0 Å². The zero-order valence-electron chi connectivity index (χ0n) is 10.9. The fraction of sp³-hybridized carbons (Fsp3) is 0.133. The maximum atomic E-state index is 11.0.